The summed E-state index contributed by atoms with van der Waals surface area (Å²) in [6.07, 6.45) is 11.4. The number of hydrogen-bond donors (Lipinski definition) is 2. The standard InChI is InChI=1S/C21H22N8O/c30-21(26-18-6-5-8-22-20(18)27-9-3-4-10-27)25-16-12-23-29(14-16)15-17-13-28-11-2-1-7-19(28)24-17/h1-2,5-8,11-14H,3-4,9-10,15H2,(H2,25,26,30). The van der Waals surface area contributed by atoms with Crippen LogP contribution in [-0.2, 0) is 6.54 Å². The van der Waals surface area contributed by atoms with Crippen LogP contribution in [0.4, 0.5) is 22.0 Å². The molecule has 9 nitrogen and oxygen atoms in total. The number of rotatable bonds is 5. The van der Waals surface area contributed by atoms with E-state index in [1.807, 2.05) is 47.1 Å². The van der Waals surface area contributed by atoms with Crippen LogP contribution < -0.4 is 15.5 Å². The van der Waals surface area contributed by atoms with Crippen molar-refractivity contribution in [3.63, 3.8) is 0 Å². The summed E-state index contributed by atoms with van der Waals surface area (Å²) in [5, 5.41) is 10.1. The number of carbonyl (C=O) groups excluding carboxylic acids is 1. The van der Waals surface area contributed by atoms with E-state index in [0.29, 0.717) is 17.9 Å². The summed E-state index contributed by atoms with van der Waals surface area (Å²) in [4.78, 5) is 23.7. The summed E-state index contributed by atoms with van der Waals surface area (Å²) in [6, 6.07) is 9.24. The Morgan fingerprint density at radius 2 is 1.97 bits per heavy atom. The molecule has 0 aromatic carbocycles. The minimum absolute atomic E-state index is 0.323. The SMILES string of the molecule is O=C(Nc1cnn(Cc2cn3ccccc3n2)c1)Nc1cccnc1N1CCCC1. The molecule has 1 saturated heterocycles. The van der Waals surface area contributed by atoms with Gasteiger partial charge in [0.2, 0.25) is 0 Å². The first kappa shape index (κ1) is 18.2. The molecule has 0 radical (unpaired) electrons. The number of aromatic nitrogens is 5. The zero-order chi connectivity index (χ0) is 20.3. The molecule has 5 heterocycles. The fourth-order valence-electron chi connectivity index (χ4n) is 3.70. The second-order valence-electron chi connectivity index (χ2n) is 7.27. The molecular formula is C21H22N8O. The van der Waals surface area contributed by atoms with E-state index in [4.69, 9.17) is 0 Å². The van der Waals surface area contributed by atoms with Gasteiger partial charge in [-0.3, -0.25) is 4.68 Å². The molecule has 1 fully saturated rings. The first-order valence-electron chi connectivity index (χ1n) is 9.98. The van der Waals surface area contributed by atoms with Crippen molar-refractivity contribution in [2.75, 3.05) is 28.6 Å². The number of anilines is 3. The first-order chi connectivity index (χ1) is 14.7. The van der Waals surface area contributed by atoms with E-state index in [2.05, 4.69) is 30.6 Å². The lowest BCUT2D eigenvalue weighted by Crippen LogP contribution is -2.24. The maximum atomic E-state index is 12.5. The maximum Gasteiger partial charge on any atom is 0.323 e. The van der Waals surface area contributed by atoms with Crippen LogP contribution in [0.1, 0.15) is 18.5 Å². The lowest BCUT2D eigenvalue weighted by Gasteiger charge is -2.19. The number of fused-ring (bicyclic) bond motifs is 1. The number of hydrogen-bond acceptors (Lipinski definition) is 5. The van der Waals surface area contributed by atoms with Crippen LogP contribution in [0.3, 0.4) is 0 Å². The van der Waals surface area contributed by atoms with Gasteiger partial charge in [-0.25, -0.2) is 14.8 Å². The molecule has 0 spiro atoms. The predicted molar refractivity (Wildman–Crippen MR) is 115 cm³/mol. The minimum Gasteiger partial charge on any atom is -0.355 e. The van der Waals surface area contributed by atoms with Crippen LogP contribution in [0.5, 0.6) is 0 Å². The van der Waals surface area contributed by atoms with Crippen molar-refractivity contribution < 1.29 is 4.79 Å². The van der Waals surface area contributed by atoms with Gasteiger partial charge in [0, 0.05) is 37.9 Å². The molecule has 2 N–H and O–H groups in total. The molecule has 2 amide bonds. The fourth-order valence-corrected chi connectivity index (χ4v) is 3.70. The molecule has 0 aliphatic carbocycles. The van der Waals surface area contributed by atoms with Gasteiger partial charge in [-0.2, -0.15) is 5.10 Å². The molecule has 4 aromatic rings. The average molecular weight is 402 g/mol. The van der Waals surface area contributed by atoms with Crippen LogP contribution in [0.25, 0.3) is 5.65 Å². The number of amides is 2. The van der Waals surface area contributed by atoms with E-state index in [1.54, 1.807) is 23.3 Å². The molecule has 9 heteroatoms. The monoisotopic (exact) mass is 402 g/mol. The smallest absolute Gasteiger partial charge is 0.323 e. The molecule has 0 saturated carbocycles. The van der Waals surface area contributed by atoms with E-state index >= 15 is 0 Å². The highest BCUT2D eigenvalue weighted by Gasteiger charge is 2.18. The second-order valence-corrected chi connectivity index (χ2v) is 7.27. The second kappa shape index (κ2) is 7.86. The van der Waals surface area contributed by atoms with Gasteiger partial charge in [0.1, 0.15) is 5.65 Å². The molecule has 0 bridgehead atoms. The van der Waals surface area contributed by atoms with E-state index in [9.17, 15) is 4.79 Å². The number of pyridine rings is 2. The van der Waals surface area contributed by atoms with E-state index in [0.717, 1.165) is 43.1 Å². The van der Waals surface area contributed by atoms with E-state index in [1.165, 1.54) is 0 Å². The summed E-state index contributed by atoms with van der Waals surface area (Å²) in [6.45, 7) is 2.44. The number of carbonyl (C=O) groups is 1. The van der Waals surface area contributed by atoms with Gasteiger partial charge in [-0.05, 0) is 37.1 Å². The zero-order valence-electron chi connectivity index (χ0n) is 16.4. The van der Waals surface area contributed by atoms with Gasteiger partial charge in [0.05, 0.1) is 29.8 Å². The molecule has 4 aromatic heterocycles. The number of nitrogens with zero attached hydrogens (tertiary/aromatic N) is 6. The third-order valence-electron chi connectivity index (χ3n) is 5.07. The first-order valence-corrected chi connectivity index (χ1v) is 9.98. The van der Waals surface area contributed by atoms with Gasteiger partial charge in [0.15, 0.2) is 5.82 Å². The summed E-state index contributed by atoms with van der Waals surface area (Å²) in [5.74, 6) is 0.813. The highest BCUT2D eigenvalue weighted by Crippen LogP contribution is 2.26. The predicted octanol–water partition coefficient (Wildman–Crippen LogP) is 3.22. The van der Waals surface area contributed by atoms with Gasteiger partial charge >= 0.3 is 6.03 Å². The Morgan fingerprint density at radius 3 is 2.83 bits per heavy atom. The van der Waals surface area contributed by atoms with E-state index in [-0.39, 0.29) is 6.03 Å². The number of urea groups is 1. The Morgan fingerprint density at radius 1 is 1.07 bits per heavy atom. The molecule has 1 aliphatic heterocycles. The Labute approximate surface area is 173 Å². The van der Waals surface area contributed by atoms with Crippen LogP contribution in [-0.4, -0.2) is 43.3 Å². The maximum absolute atomic E-state index is 12.5. The highest BCUT2D eigenvalue weighted by molar-refractivity contribution is 6.01. The third kappa shape index (κ3) is 3.82. The van der Waals surface area contributed by atoms with Crippen LogP contribution in [0.2, 0.25) is 0 Å². The molecule has 0 unspecified atom stereocenters. The molecule has 5 rings (SSSR count). The van der Waals surface area contributed by atoms with Gasteiger partial charge in [-0.15, -0.1) is 0 Å². The highest BCUT2D eigenvalue weighted by atomic mass is 16.2. The minimum atomic E-state index is -0.323. The summed E-state index contributed by atoms with van der Waals surface area (Å²) >= 11 is 0. The normalized spacial score (nSPS) is 13.7. The van der Waals surface area contributed by atoms with Gasteiger partial charge in [-0.1, -0.05) is 6.07 Å². The van der Waals surface area contributed by atoms with Gasteiger partial charge < -0.3 is 19.9 Å². The number of nitrogens with one attached hydrogen (secondary N) is 2. The Kier molecular flexibility index (Phi) is 4.76. The lowest BCUT2D eigenvalue weighted by atomic mass is 10.3. The molecule has 1 aliphatic rings. The van der Waals surface area contributed by atoms with Crippen molar-refractivity contribution in [1.29, 1.82) is 0 Å². The zero-order valence-corrected chi connectivity index (χ0v) is 16.4. The molecule has 0 atom stereocenters. The quantitative estimate of drug-likeness (QED) is 0.535. The van der Waals surface area contributed by atoms with Crippen molar-refractivity contribution in [2.24, 2.45) is 0 Å². The average Bonchev–Trinajstić information content (AvgIpc) is 3.49. The number of imidazole rings is 1. The van der Waals surface area contributed by atoms with E-state index < -0.39 is 0 Å². The Bertz CT molecular complexity index is 1140. The lowest BCUT2D eigenvalue weighted by molar-refractivity contribution is 0.262. The van der Waals surface area contributed by atoms with Gasteiger partial charge in [0.25, 0.3) is 0 Å². The topological polar surface area (TPSA) is 92.4 Å². The largest absolute Gasteiger partial charge is 0.355 e. The summed E-state index contributed by atoms with van der Waals surface area (Å²) in [7, 11) is 0. The third-order valence-corrected chi connectivity index (χ3v) is 5.07. The molecule has 30 heavy (non-hydrogen) atoms. The van der Waals surface area contributed by atoms with Crippen molar-refractivity contribution in [3.8, 4) is 0 Å². The summed E-state index contributed by atoms with van der Waals surface area (Å²) < 4.78 is 3.72. The Hall–Kier alpha value is -3.88. The van der Waals surface area contributed by atoms with Crippen LogP contribution >= 0.6 is 0 Å². The molecule has 152 valence electrons. The van der Waals surface area contributed by atoms with Crippen molar-refractivity contribution in [1.82, 2.24) is 24.1 Å². The van der Waals surface area contributed by atoms with Crippen molar-refractivity contribution in [2.45, 2.75) is 19.4 Å². The molecular weight excluding hydrogens is 380 g/mol. The fraction of sp³-hybridized carbons (Fsp3) is 0.238. The van der Waals surface area contributed by atoms with Crippen molar-refractivity contribution >= 4 is 28.9 Å². The Balaban J connectivity index is 1.24. The summed E-state index contributed by atoms with van der Waals surface area (Å²) in [5.41, 5.74) is 3.10. The van der Waals surface area contributed by atoms with Crippen LogP contribution in [0, 0.1) is 0 Å². The van der Waals surface area contributed by atoms with Crippen LogP contribution in [0.15, 0.2) is 61.3 Å². The van der Waals surface area contributed by atoms with Crippen molar-refractivity contribution in [3.05, 3.63) is 67.0 Å².